The first-order valence-corrected chi connectivity index (χ1v) is 5.33. The molecule has 0 aliphatic carbocycles. The van der Waals surface area contributed by atoms with E-state index in [9.17, 15) is 0 Å². The van der Waals surface area contributed by atoms with Gasteiger partial charge < -0.3 is 10.1 Å². The number of ether oxygens (including phenoxy) is 1. The van der Waals surface area contributed by atoms with Crippen molar-refractivity contribution in [1.29, 1.82) is 0 Å². The Hall–Kier alpha value is -1.16. The molecule has 1 rings (SSSR count). The minimum absolute atomic E-state index is 0.538. The van der Waals surface area contributed by atoms with Crippen LogP contribution in [0.1, 0.15) is 31.3 Å². The normalized spacial score (nSPS) is 10.3. The fourth-order valence-corrected chi connectivity index (χ4v) is 1.35. The van der Waals surface area contributed by atoms with Gasteiger partial charge >= 0.3 is 0 Å². The Bertz CT molecular complexity index is 302. The summed E-state index contributed by atoms with van der Waals surface area (Å²) in [6.07, 6.45) is 3.22. The zero-order valence-corrected chi connectivity index (χ0v) is 9.71. The van der Waals surface area contributed by atoms with Gasteiger partial charge in [-0.05, 0) is 6.42 Å². The lowest BCUT2D eigenvalue weighted by Gasteiger charge is -2.06. The summed E-state index contributed by atoms with van der Waals surface area (Å²) < 4.78 is 5.07. The smallest absolute Gasteiger partial charge is 0.131 e. The van der Waals surface area contributed by atoms with E-state index in [1.165, 1.54) is 0 Å². The van der Waals surface area contributed by atoms with Crippen LogP contribution in [-0.4, -0.2) is 24.1 Å². The van der Waals surface area contributed by atoms with Gasteiger partial charge in [0.15, 0.2) is 0 Å². The minimum atomic E-state index is 0.538. The molecular formula is C11H19N3O. The predicted molar refractivity (Wildman–Crippen MR) is 60.9 cm³/mol. The van der Waals surface area contributed by atoms with Crippen LogP contribution >= 0.6 is 0 Å². The molecule has 1 N–H and O–H groups in total. The van der Waals surface area contributed by atoms with Crippen molar-refractivity contribution < 1.29 is 4.74 Å². The van der Waals surface area contributed by atoms with Crippen LogP contribution in [-0.2, 0) is 17.8 Å². The fourth-order valence-electron chi connectivity index (χ4n) is 1.35. The molecule has 0 saturated heterocycles. The quantitative estimate of drug-likeness (QED) is 0.778. The summed E-state index contributed by atoms with van der Waals surface area (Å²) in [6.45, 7) is 2.70. The standard InChI is InChI=1S/C11H19N3O/c1-4-5-6-10-13-9(8-15-3)7-11(12-2)14-10/h7H,4-6,8H2,1-3H3,(H,12,13,14). The summed E-state index contributed by atoms with van der Waals surface area (Å²) in [6, 6.07) is 1.92. The minimum Gasteiger partial charge on any atom is -0.378 e. The third-order valence-corrected chi connectivity index (χ3v) is 2.13. The van der Waals surface area contributed by atoms with Crippen molar-refractivity contribution in [2.24, 2.45) is 0 Å². The Kier molecular flexibility index (Phi) is 5.04. The highest BCUT2D eigenvalue weighted by atomic mass is 16.5. The van der Waals surface area contributed by atoms with Crippen molar-refractivity contribution in [3.05, 3.63) is 17.6 Å². The summed E-state index contributed by atoms with van der Waals surface area (Å²) >= 11 is 0. The molecule has 0 aliphatic heterocycles. The van der Waals surface area contributed by atoms with Crippen LogP contribution < -0.4 is 5.32 Å². The fraction of sp³-hybridized carbons (Fsp3) is 0.636. The predicted octanol–water partition coefficient (Wildman–Crippen LogP) is 2.01. The van der Waals surface area contributed by atoms with Crippen LogP contribution in [0.5, 0.6) is 0 Å². The largest absolute Gasteiger partial charge is 0.378 e. The lowest BCUT2D eigenvalue weighted by atomic mass is 10.2. The third kappa shape index (κ3) is 3.83. The van der Waals surface area contributed by atoms with E-state index in [-0.39, 0.29) is 0 Å². The Morgan fingerprint density at radius 3 is 2.80 bits per heavy atom. The van der Waals surface area contributed by atoms with E-state index in [2.05, 4.69) is 22.2 Å². The summed E-state index contributed by atoms with van der Waals surface area (Å²) in [5.41, 5.74) is 0.933. The molecule has 0 fully saturated rings. The van der Waals surface area contributed by atoms with Crippen LogP contribution in [0.25, 0.3) is 0 Å². The molecule has 0 atom stereocenters. The average Bonchev–Trinajstić information content (AvgIpc) is 2.26. The van der Waals surface area contributed by atoms with Crippen molar-refractivity contribution in [2.75, 3.05) is 19.5 Å². The maximum Gasteiger partial charge on any atom is 0.131 e. The van der Waals surface area contributed by atoms with Gasteiger partial charge in [-0.15, -0.1) is 0 Å². The topological polar surface area (TPSA) is 47.0 Å². The second-order valence-corrected chi connectivity index (χ2v) is 3.45. The van der Waals surface area contributed by atoms with Gasteiger partial charge in [0.25, 0.3) is 0 Å². The molecule has 0 aromatic carbocycles. The lowest BCUT2D eigenvalue weighted by Crippen LogP contribution is -2.04. The molecule has 15 heavy (non-hydrogen) atoms. The number of hydrogen-bond donors (Lipinski definition) is 1. The zero-order valence-electron chi connectivity index (χ0n) is 9.71. The van der Waals surface area contributed by atoms with Crippen LogP contribution in [0, 0.1) is 0 Å². The van der Waals surface area contributed by atoms with Gasteiger partial charge in [-0.25, -0.2) is 9.97 Å². The SMILES string of the molecule is CCCCc1nc(COC)cc(NC)n1. The van der Waals surface area contributed by atoms with Crippen molar-refractivity contribution >= 4 is 5.82 Å². The first kappa shape index (κ1) is 11.9. The molecule has 1 aromatic rings. The van der Waals surface area contributed by atoms with E-state index in [1.54, 1.807) is 7.11 Å². The molecule has 1 heterocycles. The van der Waals surface area contributed by atoms with Crippen LogP contribution in [0.3, 0.4) is 0 Å². The Morgan fingerprint density at radius 2 is 2.20 bits per heavy atom. The summed E-state index contributed by atoms with van der Waals surface area (Å²) in [7, 11) is 3.54. The van der Waals surface area contributed by atoms with Gasteiger partial charge in [-0.2, -0.15) is 0 Å². The van der Waals surface area contributed by atoms with Crippen LogP contribution in [0.4, 0.5) is 5.82 Å². The Labute approximate surface area is 91.1 Å². The number of methoxy groups -OCH3 is 1. The molecule has 0 amide bonds. The van der Waals surface area contributed by atoms with E-state index >= 15 is 0 Å². The maximum atomic E-state index is 5.07. The van der Waals surface area contributed by atoms with E-state index < -0.39 is 0 Å². The van der Waals surface area contributed by atoms with Gasteiger partial charge in [-0.1, -0.05) is 13.3 Å². The third-order valence-electron chi connectivity index (χ3n) is 2.13. The lowest BCUT2D eigenvalue weighted by molar-refractivity contribution is 0.181. The van der Waals surface area contributed by atoms with Gasteiger partial charge in [0.05, 0.1) is 12.3 Å². The number of unbranched alkanes of at least 4 members (excludes halogenated alkanes) is 1. The number of rotatable bonds is 6. The summed E-state index contributed by atoms with van der Waals surface area (Å²) in [5.74, 6) is 1.76. The van der Waals surface area contributed by atoms with E-state index in [1.807, 2.05) is 13.1 Å². The molecule has 0 radical (unpaired) electrons. The van der Waals surface area contributed by atoms with Crippen LogP contribution in [0.2, 0.25) is 0 Å². The van der Waals surface area contributed by atoms with Gasteiger partial charge in [0.1, 0.15) is 11.6 Å². The van der Waals surface area contributed by atoms with Crippen molar-refractivity contribution in [3.8, 4) is 0 Å². The second-order valence-electron chi connectivity index (χ2n) is 3.45. The van der Waals surface area contributed by atoms with E-state index in [4.69, 9.17) is 4.74 Å². The molecule has 4 heteroatoms. The number of anilines is 1. The molecule has 1 aromatic heterocycles. The van der Waals surface area contributed by atoms with Gasteiger partial charge in [0, 0.05) is 26.6 Å². The summed E-state index contributed by atoms with van der Waals surface area (Å²) in [5, 5.41) is 3.04. The van der Waals surface area contributed by atoms with Crippen molar-refractivity contribution in [1.82, 2.24) is 9.97 Å². The first-order chi connectivity index (χ1) is 7.30. The zero-order chi connectivity index (χ0) is 11.1. The molecule has 84 valence electrons. The van der Waals surface area contributed by atoms with Crippen LogP contribution in [0.15, 0.2) is 6.07 Å². The Balaban J connectivity index is 2.79. The highest BCUT2D eigenvalue weighted by molar-refractivity contribution is 5.35. The number of aromatic nitrogens is 2. The first-order valence-electron chi connectivity index (χ1n) is 5.33. The number of nitrogens with one attached hydrogen (secondary N) is 1. The molecule has 0 spiro atoms. The average molecular weight is 209 g/mol. The number of nitrogens with zero attached hydrogens (tertiary/aromatic N) is 2. The molecule has 0 aliphatic rings. The molecular weight excluding hydrogens is 190 g/mol. The monoisotopic (exact) mass is 209 g/mol. The van der Waals surface area contributed by atoms with E-state index in [0.29, 0.717) is 6.61 Å². The van der Waals surface area contributed by atoms with Crippen molar-refractivity contribution in [2.45, 2.75) is 32.8 Å². The summed E-state index contributed by atoms with van der Waals surface area (Å²) in [4.78, 5) is 8.83. The molecule has 0 bridgehead atoms. The van der Waals surface area contributed by atoms with Gasteiger partial charge in [-0.3, -0.25) is 0 Å². The second kappa shape index (κ2) is 6.35. The molecule has 0 unspecified atom stereocenters. The highest BCUT2D eigenvalue weighted by Crippen LogP contribution is 2.09. The van der Waals surface area contributed by atoms with Gasteiger partial charge in [0.2, 0.25) is 0 Å². The molecule has 0 saturated carbocycles. The molecule has 4 nitrogen and oxygen atoms in total. The Morgan fingerprint density at radius 1 is 1.40 bits per heavy atom. The highest BCUT2D eigenvalue weighted by Gasteiger charge is 2.03. The number of hydrogen-bond acceptors (Lipinski definition) is 4. The van der Waals surface area contributed by atoms with E-state index in [0.717, 1.165) is 36.6 Å². The van der Waals surface area contributed by atoms with Crippen molar-refractivity contribution in [3.63, 3.8) is 0 Å². The number of aryl methyl sites for hydroxylation is 1. The maximum absolute atomic E-state index is 5.07.